The Bertz CT molecular complexity index is 1050. The van der Waals surface area contributed by atoms with Gasteiger partial charge >= 0.3 is 0 Å². The van der Waals surface area contributed by atoms with Crippen molar-refractivity contribution in [3.05, 3.63) is 72.1 Å². The molecule has 7 nitrogen and oxygen atoms in total. The number of thiocarbonyl (C=S) groups is 1. The van der Waals surface area contributed by atoms with Gasteiger partial charge in [-0.1, -0.05) is 12.1 Å². The third-order valence-corrected chi connectivity index (χ3v) is 5.21. The van der Waals surface area contributed by atoms with Gasteiger partial charge in [0, 0.05) is 48.9 Å². The van der Waals surface area contributed by atoms with Crippen molar-refractivity contribution in [1.29, 1.82) is 0 Å². The van der Waals surface area contributed by atoms with E-state index in [9.17, 15) is 0 Å². The highest BCUT2D eigenvalue weighted by molar-refractivity contribution is 7.80. The first-order valence-electron chi connectivity index (χ1n) is 9.95. The highest BCUT2D eigenvalue weighted by atomic mass is 32.1. The van der Waals surface area contributed by atoms with Gasteiger partial charge in [0.1, 0.15) is 11.5 Å². The van der Waals surface area contributed by atoms with Crippen molar-refractivity contribution in [3.8, 4) is 23.0 Å². The van der Waals surface area contributed by atoms with Gasteiger partial charge in [0.15, 0.2) is 16.6 Å². The van der Waals surface area contributed by atoms with E-state index in [-0.39, 0.29) is 0 Å². The standard InChI is InChI=1S/C24H27N3O4S/c1-28-20-9-5-8-19(12-20)26-24(32)27(15-17-7-6-10-25-14-17)16-18-11-22(30-3)23(31-4)13-21(18)29-2/h5-14H,15-16H2,1-4H3,(H,26,32). The van der Waals surface area contributed by atoms with E-state index in [0.717, 1.165) is 22.6 Å². The molecular weight excluding hydrogens is 426 g/mol. The fourth-order valence-electron chi connectivity index (χ4n) is 3.24. The fourth-order valence-corrected chi connectivity index (χ4v) is 3.48. The second-order valence-corrected chi connectivity index (χ2v) is 7.29. The minimum Gasteiger partial charge on any atom is -0.497 e. The summed E-state index contributed by atoms with van der Waals surface area (Å²) in [6, 6.07) is 15.3. The number of aromatic nitrogens is 1. The number of pyridine rings is 1. The van der Waals surface area contributed by atoms with Crippen LogP contribution in [0.3, 0.4) is 0 Å². The van der Waals surface area contributed by atoms with Gasteiger partial charge in [-0.3, -0.25) is 4.98 Å². The maximum atomic E-state index is 5.78. The van der Waals surface area contributed by atoms with Crippen LogP contribution in [0.2, 0.25) is 0 Å². The lowest BCUT2D eigenvalue weighted by atomic mass is 10.1. The smallest absolute Gasteiger partial charge is 0.174 e. The molecule has 0 aliphatic rings. The van der Waals surface area contributed by atoms with Crippen LogP contribution in [0.4, 0.5) is 5.69 Å². The van der Waals surface area contributed by atoms with Crippen molar-refractivity contribution in [3.63, 3.8) is 0 Å². The SMILES string of the molecule is COc1cccc(NC(=S)N(Cc2cccnc2)Cc2cc(OC)c(OC)cc2OC)c1. The second kappa shape index (κ2) is 11.2. The first-order valence-corrected chi connectivity index (χ1v) is 10.4. The molecule has 3 rings (SSSR count). The lowest BCUT2D eigenvalue weighted by Gasteiger charge is -2.27. The molecule has 3 aromatic rings. The molecule has 0 atom stereocenters. The van der Waals surface area contributed by atoms with Gasteiger partial charge in [-0.15, -0.1) is 0 Å². The van der Waals surface area contributed by atoms with Crippen molar-refractivity contribution in [1.82, 2.24) is 9.88 Å². The van der Waals surface area contributed by atoms with Crippen LogP contribution in [0.15, 0.2) is 60.9 Å². The predicted molar refractivity (Wildman–Crippen MR) is 129 cm³/mol. The van der Waals surface area contributed by atoms with Crippen LogP contribution < -0.4 is 24.3 Å². The fraction of sp³-hybridized carbons (Fsp3) is 0.250. The monoisotopic (exact) mass is 453 g/mol. The van der Waals surface area contributed by atoms with Crippen LogP contribution in [0.25, 0.3) is 0 Å². The molecule has 32 heavy (non-hydrogen) atoms. The van der Waals surface area contributed by atoms with Gasteiger partial charge in [0.2, 0.25) is 0 Å². The lowest BCUT2D eigenvalue weighted by Crippen LogP contribution is -2.34. The van der Waals surface area contributed by atoms with E-state index in [1.165, 1.54) is 0 Å². The third kappa shape index (κ3) is 5.79. The Hall–Kier alpha value is -3.52. The Morgan fingerprint density at radius 2 is 1.62 bits per heavy atom. The zero-order valence-corrected chi connectivity index (χ0v) is 19.4. The molecule has 0 saturated heterocycles. The summed E-state index contributed by atoms with van der Waals surface area (Å²) in [6.07, 6.45) is 3.57. The molecule has 0 spiro atoms. The number of hydrogen-bond donors (Lipinski definition) is 1. The summed E-state index contributed by atoms with van der Waals surface area (Å²) in [7, 11) is 6.47. The van der Waals surface area contributed by atoms with Crippen molar-refractivity contribution in [2.45, 2.75) is 13.1 Å². The molecule has 1 N–H and O–H groups in total. The number of rotatable bonds is 9. The Kier molecular flexibility index (Phi) is 8.10. The van der Waals surface area contributed by atoms with E-state index in [1.54, 1.807) is 34.6 Å². The molecule has 0 saturated carbocycles. The molecule has 0 radical (unpaired) electrons. The van der Waals surface area contributed by atoms with Crippen molar-refractivity contribution < 1.29 is 18.9 Å². The molecule has 168 valence electrons. The summed E-state index contributed by atoms with van der Waals surface area (Å²) in [4.78, 5) is 6.26. The summed E-state index contributed by atoms with van der Waals surface area (Å²) in [5, 5.41) is 3.86. The molecule has 1 aromatic heterocycles. The predicted octanol–water partition coefficient (Wildman–Crippen LogP) is 4.52. The molecule has 1 heterocycles. The molecule has 0 fully saturated rings. The Balaban J connectivity index is 1.91. The van der Waals surface area contributed by atoms with Crippen LogP contribution in [0.1, 0.15) is 11.1 Å². The van der Waals surface area contributed by atoms with E-state index < -0.39 is 0 Å². The Morgan fingerprint density at radius 1 is 0.875 bits per heavy atom. The van der Waals surface area contributed by atoms with Gasteiger partial charge in [0.05, 0.1) is 28.4 Å². The minimum atomic E-state index is 0.480. The van der Waals surface area contributed by atoms with Gasteiger partial charge in [-0.05, 0) is 42.0 Å². The zero-order chi connectivity index (χ0) is 22.9. The van der Waals surface area contributed by atoms with E-state index >= 15 is 0 Å². The highest BCUT2D eigenvalue weighted by Crippen LogP contribution is 2.35. The molecule has 8 heteroatoms. The maximum Gasteiger partial charge on any atom is 0.174 e. The lowest BCUT2D eigenvalue weighted by molar-refractivity contribution is 0.341. The van der Waals surface area contributed by atoms with E-state index in [2.05, 4.69) is 10.3 Å². The normalized spacial score (nSPS) is 10.2. The summed E-state index contributed by atoms with van der Waals surface area (Å²) in [5.41, 5.74) is 2.77. The van der Waals surface area contributed by atoms with Crippen LogP contribution >= 0.6 is 12.2 Å². The minimum absolute atomic E-state index is 0.480. The molecule has 0 amide bonds. The molecule has 0 bridgehead atoms. The summed E-state index contributed by atoms with van der Waals surface area (Å²) in [6.45, 7) is 1.04. The van der Waals surface area contributed by atoms with E-state index in [4.69, 9.17) is 31.2 Å². The number of benzene rings is 2. The molecule has 2 aromatic carbocycles. The molecule has 0 aliphatic carbocycles. The van der Waals surface area contributed by atoms with Gasteiger partial charge in [-0.2, -0.15) is 0 Å². The van der Waals surface area contributed by atoms with Gasteiger partial charge in [0.25, 0.3) is 0 Å². The number of nitrogens with one attached hydrogen (secondary N) is 1. The maximum absolute atomic E-state index is 5.78. The molecule has 0 aliphatic heterocycles. The second-order valence-electron chi connectivity index (χ2n) is 6.90. The first-order chi connectivity index (χ1) is 15.6. The van der Waals surface area contributed by atoms with Crippen LogP contribution in [-0.2, 0) is 13.1 Å². The third-order valence-electron chi connectivity index (χ3n) is 4.85. The Labute approximate surface area is 193 Å². The summed E-state index contributed by atoms with van der Waals surface area (Å²) in [5.74, 6) is 2.65. The molecule has 0 unspecified atom stereocenters. The number of anilines is 1. The Morgan fingerprint density at radius 3 is 2.28 bits per heavy atom. The van der Waals surface area contributed by atoms with E-state index in [0.29, 0.717) is 35.5 Å². The zero-order valence-electron chi connectivity index (χ0n) is 18.6. The van der Waals surface area contributed by atoms with Crippen LogP contribution in [0.5, 0.6) is 23.0 Å². The van der Waals surface area contributed by atoms with E-state index in [1.807, 2.05) is 59.6 Å². The van der Waals surface area contributed by atoms with Gasteiger partial charge < -0.3 is 29.2 Å². The topological polar surface area (TPSA) is 65.1 Å². The van der Waals surface area contributed by atoms with Crippen molar-refractivity contribution in [2.24, 2.45) is 0 Å². The van der Waals surface area contributed by atoms with Gasteiger partial charge in [-0.25, -0.2) is 0 Å². The highest BCUT2D eigenvalue weighted by Gasteiger charge is 2.18. The number of nitrogens with zero attached hydrogens (tertiary/aromatic N) is 2. The number of methoxy groups -OCH3 is 4. The largest absolute Gasteiger partial charge is 0.497 e. The van der Waals surface area contributed by atoms with Crippen LogP contribution in [-0.4, -0.2) is 43.4 Å². The quantitative estimate of drug-likeness (QED) is 0.475. The first kappa shape index (κ1) is 23.1. The summed E-state index contributed by atoms with van der Waals surface area (Å²) < 4.78 is 21.8. The molecular formula is C24H27N3O4S. The van der Waals surface area contributed by atoms with Crippen molar-refractivity contribution >= 4 is 23.0 Å². The number of ether oxygens (including phenoxy) is 4. The average molecular weight is 454 g/mol. The average Bonchev–Trinajstić information content (AvgIpc) is 2.83. The van der Waals surface area contributed by atoms with Crippen LogP contribution in [0, 0.1) is 0 Å². The van der Waals surface area contributed by atoms with Crippen molar-refractivity contribution in [2.75, 3.05) is 33.8 Å². The number of hydrogen-bond acceptors (Lipinski definition) is 6. The summed E-state index contributed by atoms with van der Waals surface area (Å²) >= 11 is 5.78.